The lowest BCUT2D eigenvalue weighted by Gasteiger charge is -2.08. The van der Waals surface area contributed by atoms with E-state index >= 15 is 0 Å². The van der Waals surface area contributed by atoms with Gasteiger partial charge in [0.1, 0.15) is 5.52 Å². The standard InChI is InChI=1S/C16H15N3O4/c1-22-14-7-12-13(8-15(14)23-2)19(18-17-12)9-10-4-3-5-11(6-10)16(20)21/h3-8H,9H2,1-2H3,(H,20,21). The number of carboxylic acids is 1. The lowest BCUT2D eigenvalue weighted by atomic mass is 10.1. The van der Waals surface area contributed by atoms with Crippen LogP contribution in [0.15, 0.2) is 36.4 Å². The van der Waals surface area contributed by atoms with Gasteiger partial charge in [-0.2, -0.15) is 0 Å². The molecule has 0 saturated carbocycles. The Morgan fingerprint density at radius 1 is 1.17 bits per heavy atom. The Morgan fingerprint density at radius 3 is 2.61 bits per heavy atom. The second kappa shape index (κ2) is 5.96. The zero-order chi connectivity index (χ0) is 16.4. The van der Waals surface area contributed by atoms with Crippen LogP contribution in [0.3, 0.4) is 0 Å². The van der Waals surface area contributed by atoms with Gasteiger partial charge < -0.3 is 14.6 Å². The predicted molar refractivity (Wildman–Crippen MR) is 83.1 cm³/mol. The molecule has 0 atom stereocenters. The van der Waals surface area contributed by atoms with Gasteiger partial charge in [-0.15, -0.1) is 5.10 Å². The van der Waals surface area contributed by atoms with Gasteiger partial charge >= 0.3 is 5.97 Å². The molecule has 7 nitrogen and oxygen atoms in total. The number of ether oxygens (including phenoxy) is 2. The van der Waals surface area contributed by atoms with Crippen LogP contribution in [0.5, 0.6) is 11.5 Å². The SMILES string of the molecule is COc1cc2nnn(Cc3cccc(C(=O)O)c3)c2cc1OC. The molecule has 3 aromatic rings. The molecule has 1 heterocycles. The molecule has 0 saturated heterocycles. The molecule has 7 heteroatoms. The fourth-order valence-electron chi connectivity index (χ4n) is 2.39. The molecule has 1 aromatic heterocycles. The van der Waals surface area contributed by atoms with Gasteiger partial charge in [0, 0.05) is 12.1 Å². The summed E-state index contributed by atoms with van der Waals surface area (Å²) in [6, 6.07) is 10.3. The molecule has 118 valence electrons. The molecule has 3 rings (SSSR count). The van der Waals surface area contributed by atoms with E-state index < -0.39 is 5.97 Å². The van der Waals surface area contributed by atoms with Gasteiger partial charge in [0.15, 0.2) is 11.5 Å². The molecular formula is C16H15N3O4. The van der Waals surface area contributed by atoms with Crippen LogP contribution in [0.2, 0.25) is 0 Å². The van der Waals surface area contributed by atoms with Gasteiger partial charge in [-0.3, -0.25) is 0 Å². The maximum absolute atomic E-state index is 11.1. The second-order valence-corrected chi connectivity index (χ2v) is 4.95. The fraction of sp³-hybridized carbons (Fsp3) is 0.188. The van der Waals surface area contributed by atoms with Crippen LogP contribution < -0.4 is 9.47 Å². The number of hydrogen-bond donors (Lipinski definition) is 1. The lowest BCUT2D eigenvalue weighted by molar-refractivity contribution is 0.0696. The molecule has 0 aliphatic rings. The number of nitrogens with zero attached hydrogens (tertiary/aromatic N) is 3. The summed E-state index contributed by atoms with van der Waals surface area (Å²) in [6.45, 7) is 0.410. The highest BCUT2D eigenvalue weighted by molar-refractivity contribution is 5.87. The van der Waals surface area contributed by atoms with Crippen LogP contribution in [0.25, 0.3) is 11.0 Å². The molecule has 0 bridgehead atoms. The Labute approximate surface area is 132 Å². The molecule has 0 spiro atoms. The summed E-state index contributed by atoms with van der Waals surface area (Å²) in [7, 11) is 3.12. The largest absolute Gasteiger partial charge is 0.493 e. The number of benzene rings is 2. The first-order valence-electron chi connectivity index (χ1n) is 6.90. The highest BCUT2D eigenvalue weighted by Gasteiger charge is 2.12. The number of fused-ring (bicyclic) bond motifs is 1. The fourth-order valence-corrected chi connectivity index (χ4v) is 2.39. The first kappa shape index (κ1) is 14.8. The molecule has 0 amide bonds. The van der Waals surface area contributed by atoms with E-state index in [0.29, 0.717) is 23.6 Å². The summed E-state index contributed by atoms with van der Waals surface area (Å²) in [4.78, 5) is 11.1. The monoisotopic (exact) mass is 313 g/mol. The lowest BCUT2D eigenvalue weighted by Crippen LogP contribution is -2.04. The van der Waals surface area contributed by atoms with Crippen molar-refractivity contribution in [2.75, 3.05) is 14.2 Å². The van der Waals surface area contributed by atoms with Crippen molar-refractivity contribution in [3.05, 3.63) is 47.5 Å². The van der Waals surface area contributed by atoms with Gasteiger partial charge in [-0.1, -0.05) is 17.3 Å². The van der Waals surface area contributed by atoms with Crippen LogP contribution in [0, 0.1) is 0 Å². The number of carboxylic acid groups (broad SMARTS) is 1. The number of aromatic carboxylic acids is 1. The summed E-state index contributed by atoms with van der Waals surface area (Å²) < 4.78 is 12.2. The summed E-state index contributed by atoms with van der Waals surface area (Å²) in [5.41, 5.74) is 2.53. The molecule has 0 radical (unpaired) electrons. The van der Waals surface area contributed by atoms with Crippen molar-refractivity contribution < 1.29 is 19.4 Å². The quantitative estimate of drug-likeness (QED) is 0.777. The summed E-state index contributed by atoms with van der Waals surface area (Å²) in [6.07, 6.45) is 0. The Bertz CT molecular complexity index is 873. The number of carbonyl (C=O) groups is 1. The minimum absolute atomic E-state index is 0.242. The highest BCUT2D eigenvalue weighted by Crippen LogP contribution is 2.31. The third-order valence-electron chi connectivity index (χ3n) is 3.53. The number of aromatic nitrogens is 3. The molecular weight excluding hydrogens is 298 g/mol. The van der Waals surface area contributed by atoms with E-state index in [1.807, 2.05) is 6.07 Å². The summed E-state index contributed by atoms with van der Waals surface area (Å²) in [5, 5.41) is 17.3. The first-order chi connectivity index (χ1) is 11.1. The maximum atomic E-state index is 11.1. The van der Waals surface area contributed by atoms with Gasteiger partial charge in [0.25, 0.3) is 0 Å². The van der Waals surface area contributed by atoms with Gasteiger partial charge in [0.05, 0.1) is 31.8 Å². The van der Waals surface area contributed by atoms with E-state index in [4.69, 9.17) is 14.6 Å². The van der Waals surface area contributed by atoms with Crippen molar-refractivity contribution in [3.63, 3.8) is 0 Å². The van der Waals surface area contributed by atoms with Crippen LogP contribution >= 0.6 is 0 Å². The van der Waals surface area contributed by atoms with E-state index in [1.165, 1.54) is 0 Å². The maximum Gasteiger partial charge on any atom is 0.335 e. The van der Waals surface area contributed by atoms with E-state index in [-0.39, 0.29) is 5.56 Å². The van der Waals surface area contributed by atoms with Crippen molar-refractivity contribution >= 4 is 17.0 Å². The van der Waals surface area contributed by atoms with Crippen molar-refractivity contribution in [1.82, 2.24) is 15.0 Å². The second-order valence-electron chi connectivity index (χ2n) is 4.95. The number of hydrogen-bond acceptors (Lipinski definition) is 5. The third kappa shape index (κ3) is 2.80. The zero-order valence-corrected chi connectivity index (χ0v) is 12.7. The van der Waals surface area contributed by atoms with Crippen molar-refractivity contribution in [2.45, 2.75) is 6.54 Å². The molecule has 2 aromatic carbocycles. The Balaban J connectivity index is 2.00. The van der Waals surface area contributed by atoms with Gasteiger partial charge in [-0.25, -0.2) is 9.48 Å². The van der Waals surface area contributed by atoms with Crippen LogP contribution in [-0.2, 0) is 6.54 Å². The van der Waals surface area contributed by atoms with Crippen LogP contribution in [0.4, 0.5) is 0 Å². The molecule has 1 N–H and O–H groups in total. The minimum Gasteiger partial charge on any atom is -0.493 e. The normalized spacial score (nSPS) is 10.7. The zero-order valence-electron chi connectivity index (χ0n) is 12.7. The summed E-state index contributed by atoms with van der Waals surface area (Å²) in [5.74, 6) is 0.212. The van der Waals surface area contributed by atoms with Crippen LogP contribution in [0.1, 0.15) is 15.9 Å². The average Bonchev–Trinajstić information content (AvgIpc) is 2.95. The molecule has 23 heavy (non-hydrogen) atoms. The molecule has 0 unspecified atom stereocenters. The molecule has 0 aliphatic carbocycles. The van der Waals surface area contributed by atoms with Crippen LogP contribution in [-0.4, -0.2) is 40.3 Å². The van der Waals surface area contributed by atoms with Gasteiger partial charge in [0.2, 0.25) is 0 Å². The predicted octanol–water partition coefficient (Wildman–Crippen LogP) is 2.20. The Hall–Kier alpha value is -3.09. The van der Waals surface area contributed by atoms with Crippen molar-refractivity contribution in [3.8, 4) is 11.5 Å². The minimum atomic E-state index is -0.957. The Kier molecular flexibility index (Phi) is 3.84. The number of methoxy groups -OCH3 is 2. The first-order valence-corrected chi connectivity index (χ1v) is 6.90. The highest BCUT2D eigenvalue weighted by atomic mass is 16.5. The molecule has 0 fully saturated rings. The van der Waals surface area contributed by atoms with Crippen molar-refractivity contribution in [1.29, 1.82) is 0 Å². The van der Waals surface area contributed by atoms with E-state index in [1.54, 1.807) is 49.2 Å². The molecule has 0 aliphatic heterocycles. The van der Waals surface area contributed by atoms with Gasteiger partial charge in [-0.05, 0) is 17.7 Å². The van der Waals surface area contributed by atoms with Crippen molar-refractivity contribution in [2.24, 2.45) is 0 Å². The third-order valence-corrected chi connectivity index (χ3v) is 3.53. The Morgan fingerprint density at radius 2 is 1.91 bits per heavy atom. The van der Waals surface area contributed by atoms with E-state index in [9.17, 15) is 4.79 Å². The van der Waals surface area contributed by atoms with E-state index in [0.717, 1.165) is 11.1 Å². The summed E-state index contributed by atoms with van der Waals surface area (Å²) >= 11 is 0. The number of rotatable bonds is 5. The topological polar surface area (TPSA) is 86.5 Å². The smallest absolute Gasteiger partial charge is 0.335 e. The van der Waals surface area contributed by atoms with E-state index in [2.05, 4.69) is 10.3 Å². The average molecular weight is 313 g/mol.